The average Bonchev–Trinajstić information content (AvgIpc) is 3.22. The van der Waals surface area contributed by atoms with E-state index in [1.165, 1.54) is 4.68 Å². The van der Waals surface area contributed by atoms with Gasteiger partial charge in [0.05, 0.1) is 0 Å². The van der Waals surface area contributed by atoms with Gasteiger partial charge in [0.25, 0.3) is 5.91 Å². The van der Waals surface area contributed by atoms with E-state index in [1.54, 1.807) is 12.1 Å². The number of rotatable bonds is 7. The van der Waals surface area contributed by atoms with E-state index < -0.39 is 0 Å². The van der Waals surface area contributed by atoms with Gasteiger partial charge >= 0.3 is 0 Å². The number of carbonyl (C=O) groups excluding carboxylic acids is 1. The molecule has 0 saturated carbocycles. The molecular formula is C24H21ClN4O2. The van der Waals surface area contributed by atoms with Crippen molar-refractivity contribution in [3.05, 3.63) is 95.0 Å². The number of hydrogen-bond donors (Lipinski definition) is 1. The van der Waals surface area contributed by atoms with Crippen molar-refractivity contribution < 1.29 is 9.53 Å². The Morgan fingerprint density at radius 3 is 2.42 bits per heavy atom. The first-order chi connectivity index (χ1) is 15.1. The van der Waals surface area contributed by atoms with Crippen LogP contribution in [0.25, 0.3) is 11.4 Å². The second kappa shape index (κ2) is 9.45. The second-order valence-corrected chi connectivity index (χ2v) is 7.45. The SMILES string of the molecule is Cc1ccc(-c2nc(NCc3ccc(Cl)cc3)n(C(=O)COc3ccccc3)n2)cc1. The number of para-hydroxylation sites is 1. The Hall–Kier alpha value is -3.64. The summed E-state index contributed by atoms with van der Waals surface area (Å²) < 4.78 is 6.86. The van der Waals surface area contributed by atoms with Crippen molar-refractivity contribution >= 4 is 23.5 Å². The summed E-state index contributed by atoms with van der Waals surface area (Å²) in [6.07, 6.45) is 0. The normalized spacial score (nSPS) is 10.6. The van der Waals surface area contributed by atoms with Crippen LogP contribution in [-0.4, -0.2) is 27.3 Å². The minimum Gasteiger partial charge on any atom is -0.484 e. The van der Waals surface area contributed by atoms with Crippen LogP contribution >= 0.6 is 11.6 Å². The fraction of sp³-hybridized carbons (Fsp3) is 0.125. The van der Waals surface area contributed by atoms with Gasteiger partial charge in [0.1, 0.15) is 5.75 Å². The Morgan fingerprint density at radius 1 is 1.00 bits per heavy atom. The van der Waals surface area contributed by atoms with Gasteiger partial charge in [-0.05, 0) is 36.8 Å². The third-order valence-corrected chi connectivity index (χ3v) is 4.87. The average molecular weight is 433 g/mol. The van der Waals surface area contributed by atoms with Crippen LogP contribution in [0.15, 0.2) is 78.9 Å². The number of ether oxygens (including phenoxy) is 1. The molecule has 4 rings (SSSR count). The van der Waals surface area contributed by atoms with Crippen LogP contribution in [0.3, 0.4) is 0 Å². The minimum absolute atomic E-state index is 0.156. The molecule has 1 N–H and O–H groups in total. The number of nitrogens with zero attached hydrogens (tertiary/aromatic N) is 3. The maximum absolute atomic E-state index is 12.9. The van der Waals surface area contributed by atoms with Gasteiger partial charge in [-0.15, -0.1) is 5.10 Å². The van der Waals surface area contributed by atoms with E-state index in [2.05, 4.69) is 15.4 Å². The Morgan fingerprint density at radius 2 is 1.71 bits per heavy atom. The van der Waals surface area contributed by atoms with Gasteiger partial charge in [-0.1, -0.05) is 71.8 Å². The molecule has 1 aromatic heterocycles. The highest BCUT2D eigenvalue weighted by Gasteiger charge is 2.18. The molecule has 0 saturated heterocycles. The summed E-state index contributed by atoms with van der Waals surface area (Å²) in [5.41, 5.74) is 2.97. The number of aryl methyl sites for hydroxylation is 1. The highest BCUT2D eigenvalue weighted by atomic mass is 35.5. The molecule has 0 radical (unpaired) electrons. The fourth-order valence-corrected chi connectivity index (χ4v) is 3.06. The van der Waals surface area contributed by atoms with Gasteiger partial charge in [0.2, 0.25) is 5.95 Å². The number of nitrogens with one attached hydrogen (secondary N) is 1. The lowest BCUT2D eigenvalue weighted by Gasteiger charge is -2.08. The number of benzene rings is 3. The number of anilines is 1. The summed E-state index contributed by atoms with van der Waals surface area (Å²) in [7, 11) is 0. The molecule has 7 heteroatoms. The van der Waals surface area contributed by atoms with Gasteiger partial charge in [-0.3, -0.25) is 4.79 Å². The molecule has 0 unspecified atom stereocenters. The van der Waals surface area contributed by atoms with Crippen molar-refractivity contribution in [3.8, 4) is 17.1 Å². The zero-order valence-electron chi connectivity index (χ0n) is 17.0. The zero-order chi connectivity index (χ0) is 21.6. The molecule has 0 bridgehead atoms. The third-order valence-electron chi connectivity index (χ3n) is 4.62. The smallest absolute Gasteiger partial charge is 0.287 e. The van der Waals surface area contributed by atoms with Crippen LogP contribution in [-0.2, 0) is 6.54 Å². The molecule has 0 amide bonds. The maximum atomic E-state index is 12.9. The van der Waals surface area contributed by atoms with Crippen LogP contribution in [0.5, 0.6) is 5.75 Å². The summed E-state index contributed by atoms with van der Waals surface area (Å²) in [6.45, 7) is 2.33. The summed E-state index contributed by atoms with van der Waals surface area (Å²) in [4.78, 5) is 17.4. The molecule has 0 aliphatic heterocycles. The van der Waals surface area contributed by atoms with E-state index in [0.717, 1.165) is 16.7 Å². The van der Waals surface area contributed by atoms with Crippen molar-refractivity contribution in [3.63, 3.8) is 0 Å². The molecule has 0 fully saturated rings. The van der Waals surface area contributed by atoms with Crippen LogP contribution < -0.4 is 10.1 Å². The molecule has 0 spiro atoms. The molecule has 31 heavy (non-hydrogen) atoms. The molecule has 0 atom stereocenters. The Bertz CT molecular complexity index is 1160. The number of hydrogen-bond acceptors (Lipinski definition) is 5. The van der Waals surface area contributed by atoms with Crippen LogP contribution in [0, 0.1) is 6.92 Å². The van der Waals surface area contributed by atoms with Gasteiger partial charge in [0, 0.05) is 17.1 Å². The first-order valence-corrected chi connectivity index (χ1v) is 10.2. The monoisotopic (exact) mass is 432 g/mol. The van der Waals surface area contributed by atoms with Gasteiger partial charge in [-0.2, -0.15) is 9.67 Å². The Balaban J connectivity index is 1.56. The molecule has 156 valence electrons. The zero-order valence-corrected chi connectivity index (χ0v) is 17.7. The van der Waals surface area contributed by atoms with E-state index in [0.29, 0.717) is 29.1 Å². The Kier molecular flexibility index (Phi) is 6.29. The molecule has 1 heterocycles. The largest absolute Gasteiger partial charge is 0.484 e. The van der Waals surface area contributed by atoms with E-state index >= 15 is 0 Å². The van der Waals surface area contributed by atoms with Gasteiger partial charge < -0.3 is 10.1 Å². The molecule has 0 aliphatic carbocycles. The lowest BCUT2D eigenvalue weighted by atomic mass is 10.1. The molecule has 6 nitrogen and oxygen atoms in total. The van der Waals surface area contributed by atoms with E-state index in [-0.39, 0.29) is 12.5 Å². The summed E-state index contributed by atoms with van der Waals surface area (Å²) >= 11 is 5.96. The van der Waals surface area contributed by atoms with Gasteiger partial charge in [0.15, 0.2) is 12.4 Å². The predicted molar refractivity (Wildman–Crippen MR) is 122 cm³/mol. The lowest BCUT2D eigenvalue weighted by molar-refractivity contribution is 0.0824. The number of aromatic nitrogens is 3. The molecule has 3 aromatic carbocycles. The summed E-state index contributed by atoms with van der Waals surface area (Å²) in [6, 6.07) is 24.5. The highest BCUT2D eigenvalue weighted by molar-refractivity contribution is 6.30. The fourth-order valence-electron chi connectivity index (χ4n) is 2.93. The standard InChI is InChI=1S/C24H21ClN4O2/c1-17-7-11-19(12-8-17)23-27-24(26-15-18-9-13-20(25)14-10-18)29(28-23)22(30)16-31-21-5-3-2-4-6-21/h2-14H,15-16H2,1H3,(H,26,27,28). The maximum Gasteiger partial charge on any atom is 0.287 e. The molecule has 4 aromatic rings. The lowest BCUT2D eigenvalue weighted by Crippen LogP contribution is -2.22. The number of carbonyl (C=O) groups is 1. The van der Waals surface area contributed by atoms with Crippen molar-refractivity contribution in [2.45, 2.75) is 13.5 Å². The van der Waals surface area contributed by atoms with Crippen LogP contribution in [0.4, 0.5) is 5.95 Å². The van der Waals surface area contributed by atoms with E-state index in [9.17, 15) is 4.79 Å². The van der Waals surface area contributed by atoms with Gasteiger partial charge in [-0.25, -0.2) is 0 Å². The van der Waals surface area contributed by atoms with Crippen LogP contribution in [0.1, 0.15) is 15.9 Å². The van der Waals surface area contributed by atoms with Crippen molar-refractivity contribution in [1.82, 2.24) is 14.8 Å². The predicted octanol–water partition coefficient (Wildman–Crippen LogP) is 5.24. The minimum atomic E-state index is -0.326. The van der Waals surface area contributed by atoms with Crippen molar-refractivity contribution in [2.75, 3.05) is 11.9 Å². The Labute approximate surface area is 185 Å². The number of halogens is 1. The molecular weight excluding hydrogens is 412 g/mol. The second-order valence-electron chi connectivity index (χ2n) is 7.01. The highest BCUT2D eigenvalue weighted by Crippen LogP contribution is 2.20. The summed E-state index contributed by atoms with van der Waals surface area (Å²) in [5.74, 6) is 1.11. The van der Waals surface area contributed by atoms with E-state index in [4.69, 9.17) is 16.3 Å². The first-order valence-electron chi connectivity index (χ1n) is 9.82. The van der Waals surface area contributed by atoms with Crippen molar-refractivity contribution in [2.24, 2.45) is 0 Å². The summed E-state index contributed by atoms with van der Waals surface area (Å²) in [5, 5.41) is 8.31. The quantitative estimate of drug-likeness (QED) is 0.432. The third kappa shape index (κ3) is 5.29. The molecule has 0 aliphatic rings. The van der Waals surface area contributed by atoms with Crippen molar-refractivity contribution in [1.29, 1.82) is 0 Å². The first kappa shape index (κ1) is 20.6. The van der Waals surface area contributed by atoms with E-state index in [1.807, 2.05) is 73.7 Å². The van der Waals surface area contributed by atoms with Crippen LogP contribution in [0.2, 0.25) is 5.02 Å². The topological polar surface area (TPSA) is 69.0 Å².